The molecule has 190 valence electrons. The minimum absolute atomic E-state index is 0.0777. The molecule has 0 fully saturated rings. The fourth-order valence-electron chi connectivity index (χ4n) is 3.81. The smallest absolute Gasteiger partial charge is 0.416 e. The summed E-state index contributed by atoms with van der Waals surface area (Å²) in [4.78, 5) is 17.4. The molecule has 1 amide bonds. The Balaban J connectivity index is 1.53. The molecule has 0 saturated carbocycles. The maximum absolute atomic E-state index is 13.7. The van der Waals surface area contributed by atoms with Gasteiger partial charge in [-0.1, -0.05) is 48.0 Å². The Bertz CT molecular complexity index is 1570. The van der Waals surface area contributed by atoms with Crippen LogP contribution in [-0.2, 0) is 6.18 Å². The molecule has 0 atom stereocenters. The van der Waals surface area contributed by atoms with E-state index in [1.807, 2.05) is 61.5 Å². The van der Waals surface area contributed by atoms with Gasteiger partial charge in [-0.15, -0.1) is 0 Å². The van der Waals surface area contributed by atoms with Gasteiger partial charge in [-0.05, 0) is 43.3 Å². The highest BCUT2D eigenvalue weighted by Crippen LogP contribution is 2.36. The zero-order valence-corrected chi connectivity index (χ0v) is 20.1. The Kier molecular flexibility index (Phi) is 6.66. The van der Waals surface area contributed by atoms with Crippen molar-refractivity contribution in [1.29, 1.82) is 0 Å². The van der Waals surface area contributed by atoms with Crippen molar-refractivity contribution in [2.75, 3.05) is 5.32 Å². The van der Waals surface area contributed by atoms with Crippen molar-refractivity contribution in [2.45, 2.75) is 13.1 Å². The first-order valence-corrected chi connectivity index (χ1v) is 11.6. The summed E-state index contributed by atoms with van der Waals surface area (Å²) < 4.78 is 48.1. The summed E-state index contributed by atoms with van der Waals surface area (Å²) in [6, 6.07) is 22.9. The molecule has 0 aliphatic rings. The number of pyridine rings is 1. The number of aromatic nitrogens is 3. The molecule has 0 aliphatic heterocycles. The zero-order valence-electron chi connectivity index (χ0n) is 20.1. The predicted octanol–water partition coefficient (Wildman–Crippen LogP) is 7.31. The topological polar surface area (TPSA) is 69.0 Å². The van der Waals surface area contributed by atoms with E-state index in [0.29, 0.717) is 11.3 Å². The molecule has 5 aromatic rings. The second-order valence-electron chi connectivity index (χ2n) is 8.53. The summed E-state index contributed by atoms with van der Waals surface area (Å²) in [6.07, 6.45) is -0.199. The SMILES string of the molecule is Cc1ccc(-c2nn(-c3ccccc3)cc2C(=O)Nc2cc(Oc3cccnc3)cc(C(F)(F)F)c2)cc1. The van der Waals surface area contributed by atoms with E-state index < -0.39 is 17.6 Å². The Hall–Kier alpha value is -4.92. The molecule has 38 heavy (non-hydrogen) atoms. The standard InChI is InChI=1S/C29H21F3N4O2/c1-19-9-11-20(12-10-19)27-26(18-36(35-27)23-6-3-2-4-7-23)28(37)34-22-14-21(29(30,31)32)15-25(16-22)38-24-8-5-13-33-17-24/h2-18H,1H3,(H,34,37). The quantitative estimate of drug-likeness (QED) is 0.258. The molecule has 2 aromatic heterocycles. The lowest BCUT2D eigenvalue weighted by Crippen LogP contribution is -2.14. The van der Waals surface area contributed by atoms with Crippen LogP contribution in [0.15, 0.2) is 104 Å². The number of alkyl halides is 3. The van der Waals surface area contributed by atoms with E-state index in [0.717, 1.165) is 23.4 Å². The number of carbonyl (C=O) groups is 1. The van der Waals surface area contributed by atoms with Crippen molar-refractivity contribution < 1.29 is 22.7 Å². The van der Waals surface area contributed by atoms with Crippen LogP contribution < -0.4 is 10.1 Å². The second-order valence-corrected chi connectivity index (χ2v) is 8.53. The molecular weight excluding hydrogens is 493 g/mol. The first-order valence-electron chi connectivity index (χ1n) is 11.6. The summed E-state index contributed by atoms with van der Waals surface area (Å²) >= 11 is 0. The number of nitrogens with zero attached hydrogens (tertiary/aromatic N) is 3. The van der Waals surface area contributed by atoms with Crippen LogP contribution in [0.5, 0.6) is 11.5 Å². The van der Waals surface area contributed by atoms with Gasteiger partial charge in [0.25, 0.3) is 5.91 Å². The van der Waals surface area contributed by atoms with Gasteiger partial charge in [0.2, 0.25) is 0 Å². The second kappa shape index (κ2) is 10.2. The highest BCUT2D eigenvalue weighted by atomic mass is 19.4. The molecule has 6 nitrogen and oxygen atoms in total. The molecule has 3 aromatic carbocycles. The number of rotatable bonds is 6. The Labute approximate surface area is 216 Å². The van der Waals surface area contributed by atoms with Crippen LogP contribution in [0, 0.1) is 6.92 Å². The minimum Gasteiger partial charge on any atom is -0.456 e. The van der Waals surface area contributed by atoms with Crippen molar-refractivity contribution in [2.24, 2.45) is 0 Å². The summed E-state index contributed by atoms with van der Waals surface area (Å²) in [5.41, 5.74) is 2.01. The highest BCUT2D eigenvalue weighted by Gasteiger charge is 2.32. The largest absolute Gasteiger partial charge is 0.456 e. The maximum Gasteiger partial charge on any atom is 0.416 e. The number of benzene rings is 3. The number of nitrogens with one attached hydrogen (secondary N) is 1. The molecule has 2 heterocycles. The Morgan fingerprint density at radius 3 is 2.37 bits per heavy atom. The molecule has 0 radical (unpaired) electrons. The highest BCUT2D eigenvalue weighted by molar-refractivity contribution is 6.08. The molecule has 0 aliphatic carbocycles. The number of hydrogen-bond donors (Lipinski definition) is 1. The van der Waals surface area contributed by atoms with Crippen molar-refractivity contribution in [1.82, 2.24) is 14.8 Å². The predicted molar refractivity (Wildman–Crippen MR) is 137 cm³/mol. The van der Waals surface area contributed by atoms with E-state index in [9.17, 15) is 18.0 Å². The number of aryl methyl sites for hydroxylation is 1. The number of ether oxygens (including phenoxy) is 1. The van der Waals surface area contributed by atoms with Gasteiger partial charge in [-0.2, -0.15) is 18.3 Å². The number of carbonyl (C=O) groups excluding carboxylic acids is 1. The van der Waals surface area contributed by atoms with Crippen LogP contribution >= 0.6 is 0 Å². The fraction of sp³-hybridized carbons (Fsp3) is 0.0690. The van der Waals surface area contributed by atoms with Crippen molar-refractivity contribution >= 4 is 11.6 Å². The molecule has 0 unspecified atom stereocenters. The van der Waals surface area contributed by atoms with Crippen LogP contribution in [0.4, 0.5) is 18.9 Å². The van der Waals surface area contributed by atoms with Gasteiger partial charge >= 0.3 is 6.18 Å². The van der Waals surface area contributed by atoms with Gasteiger partial charge in [0.05, 0.1) is 23.0 Å². The minimum atomic E-state index is -4.65. The lowest BCUT2D eigenvalue weighted by molar-refractivity contribution is -0.137. The average Bonchev–Trinajstić information content (AvgIpc) is 3.35. The summed E-state index contributed by atoms with van der Waals surface area (Å²) in [5, 5.41) is 7.21. The van der Waals surface area contributed by atoms with Gasteiger partial charge in [-0.25, -0.2) is 4.68 Å². The Morgan fingerprint density at radius 1 is 0.921 bits per heavy atom. The number of hydrogen-bond acceptors (Lipinski definition) is 4. The summed E-state index contributed by atoms with van der Waals surface area (Å²) in [6.45, 7) is 1.94. The maximum atomic E-state index is 13.7. The molecule has 5 rings (SSSR count). The van der Waals surface area contributed by atoms with E-state index in [2.05, 4.69) is 15.4 Å². The summed E-state index contributed by atoms with van der Waals surface area (Å²) in [5.74, 6) is -0.453. The number of para-hydroxylation sites is 1. The van der Waals surface area contributed by atoms with E-state index in [1.165, 1.54) is 18.5 Å². The first-order chi connectivity index (χ1) is 18.3. The van der Waals surface area contributed by atoms with Crippen molar-refractivity contribution in [3.63, 3.8) is 0 Å². The van der Waals surface area contributed by atoms with Gasteiger partial charge < -0.3 is 10.1 Å². The molecule has 0 saturated heterocycles. The van der Waals surface area contributed by atoms with E-state index in [4.69, 9.17) is 4.74 Å². The fourth-order valence-corrected chi connectivity index (χ4v) is 3.81. The third-order valence-electron chi connectivity index (χ3n) is 5.67. The van der Waals surface area contributed by atoms with Crippen LogP contribution in [0.2, 0.25) is 0 Å². The normalized spacial score (nSPS) is 11.3. The lowest BCUT2D eigenvalue weighted by Gasteiger charge is -2.14. The Morgan fingerprint density at radius 2 is 1.68 bits per heavy atom. The van der Waals surface area contributed by atoms with E-state index >= 15 is 0 Å². The summed E-state index contributed by atoms with van der Waals surface area (Å²) in [7, 11) is 0. The van der Waals surface area contributed by atoms with Crippen LogP contribution in [-0.4, -0.2) is 20.7 Å². The molecule has 1 N–H and O–H groups in total. The van der Waals surface area contributed by atoms with Crippen LogP contribution in [0.25, 0.3) is 16.9 Å². The first kappa shape index (κ1) is 24.8. The zero-order chi connectivity index (χ0) is 26.7. The van der Waals surface area contributed by atoms with Gasteiger partial charge in [0.1, 0.15) is 17.2 Å². The third-order valence-corrected chi connectivity index (χ3v) is 5.67. The molecular formula is C29H21F3N4O2. The van der Waals surface area contributed by atoms with Crippen LogP contribution in [0.3, 0.4) is 0 Å². The van der Waals surface area contributed by atoms with Crippen molar-refractivity contribution in [3.8, 4) is 28.4 Å². The monoisotopic (exact) mass is 514 g/mol. The van der Waals surface area contributed by atoms with Gasteiger partial charge in [-0.3, -0.25) is 9.78 Å². The molecule has 9 heteroatoms. The number of halogens is 3. The van der Waals surface area contributed by atoms with E-state index in [-0.39, 0.29) is 22.7 Å². The molecule has 0 spiro atoms. The van der Waals surface area contributed by atoms with Crippen molar-refractivity contribution in [3.05, 3.63) is 120 Å². The number of anilines is 1. The lowest BCUT2D eigenvalue weighted by atomic mass is 10.1. The number of amides is 1. The average molecular weight is 515 g/mol. The molecule has 0 bridgehead atoms. The van der Waals surface area contributed by atoms with Crippen LogP contribution in [0.1, 0.15) is 21.5 Å². The van der Waals surface area contributed by atoms with Gasteiger partial charge in [0.15, 0.2) is 0 Å². The van der Waals surface area contributed by atoms with Gasteiger partial charge in [0, 0.05) is 29.7 Å². The third kappa shape index (κ3) is 5.57. The van der Waals surface area contributed by atoms with E-state index in [1.54, 1.807) is 23.0 Å².